The molecular weight excluding hydrogens is 276 g/mol. The topological polar surface area (TPSA) is 80.6 Å². The Hall–Kier alpha value is -2.28. The molecule has 1 amide bonds. The molecule has 1 aromatic rings. The van der Waals surface area contributed by atoms with Crippen LogP contribution in [0, 0.1) is 0 Å². The van der Waals surface area contributed by atoms with Crippen molar-refractivity contribution < 1.29 is 24.2 Å². The molecule has 0 spiro atoms. The van der Waals surface area contributed by atoms with Gasteiger partial charge in [-0.2, -0.15) is 0 Å². The van der Waals surface area contributed by atoms with Crippen molar-refractivity contribution in [3.63, 3.8) is 0 Å². The molecule has 7 heteroatoms. The van der Waals surface area contributed by atoms with E-state index in [9.17, 15) is 4.79 Å². The van der Waals surface area contributed by atoms with Crippen LogP contribution in [0.2, 0.25) is 0 Å². The monoisotopic (exact) mass is 294 g/mol. The smallest absolute Gasteiger partial charge is 0.260 e. The van der Waals surface area contributed by atoms with Gasteiger partial charge in [-0.05, 0) is 18.2 Å². The van der Waals surface area contributed by atoms with Gasteiger partial charge in [-0.25, -0.2) is 0 Å². The Bertz CT molecular complexity index is 512. The second-order valence-corrected chi connectivity index (χ2v) is 4.44. The van der Waals surface area contributed by atoms with E-state index in [-0.39, 0.29) is 12.5 Å². The largest absolute Gasteiger partial charge is 0.493 e. The van der Waals surface area contributed by atoms with Gasteiger partial charge in [0.2, 0.25) is 0 Å². The van der Waals surface area contributed by atoms with Crippen molar-refractivity contribution in [2.45, 2.75) is 0 Å². The lowest BCUT2D eigenvalue weighted by Gasteiger charge is -2.26. The molecule has 0 unspecified atom stereocenters. The van der Waals surface area contributed by atoms with Crippen molar-refractivity contribution in [3.05, 3.63) is 23.8 Å². The maximum absolute atomic E-state index is 12.0. The van der Waals surface area contributed by atoms with Gasteiger partial charge in [0, 0.05) is 18.7 Å². The summed E-state index contributed by atoms with van der Waals surface area (Å²) >= 11 is 0. The maximum atomic E-state index is 12.0. The van der Waals surface area contributed by atoms with Crippen LogP contribution in [-0.2, 0) is 9.53 Å². The number of methoxy groups -OCH3 is 1. The minimum Gasteiger partial charge on any atom is -0.493 e. The summed E-state index contributed by atoms with van der Waals surface area (Å²) < 4.78 is 15.9. The summed E-state index contributed by atoms with van der Waals surface area (Å²) in [6, 6.07) is 5.04. The summed E-state index contributed by atoms with van der Waals surface area (Å²) in [5.74, 6) is 0.859. The molecule has 1 N–H and O–H groups in total. The molecule has 0 saturated carbocycles. The van der Waals surface area contributed by atoms with Crippen LogP contribution in [0.25, 0.3) is 0 Å². The number of oxime groups is 1. The Morgan fingerprint density at radius 1 is 1.43 bits per heavy atom. The molecule has 7 nitrogen and oxygen atoms in total. The molecule has 1 aliphatic heterocycles. The van der Waals surface area contributed by atoms with Gasteiger partial charge < -0.3 is 24.3 Å². The van der Waals surface area contributed by atoms with Crippen LogP contribution in [0.1, 0.15) is 5.56 Å². The SMILES string of the molecule is COc1cc(/C=N\O)ccc1OCC(=O)N1CCOCC1. The van der Waals surface area contributed by atoms with E-state index in [1.54, 1.807) is 23.1 Å². The fraction of sp³-hybridized carbons (Fsp3) is 0.429. The maximum Gasteiger partial charge on any atom is 0.260 e. The highest BCUT2D eigenvalue weighted by Gasteiger charge is 2.17. The molecule has 2 rings (SSSR count). The molecule has 0 radical (unpaired) electrons. The third kappa shape index (κ3) is 4.09. The van der Waals surface area contributed by atoms with Crippen molar-refractivity contribution in [1.82, 2.24) is 4.90 Å². The van der Waals surface area contributed by atoms with Gasteiger partial charge >= 0.3 is 0 Å². The summed E-state index contributed by atoms with van der Waals surface area (Å²) in [5, 5.41) is 11.5. The number of nitrogens with zero attached hydrogens (tertiary/aromatic N) is 2. The Morgan fingerprint density at radius 3 is 2.86 bits per heavy atom. The first-order chi connectivity index (χ1) is 10.2. The number of ether oxygens (including phenoxy) is 3. The molecule has 1 heterocycles. The average molecular weight is 294 g/mol. The molecule has 21 heavy (non-hydrogen) atoms. The van der Waals surface area contributed by atoms with E-state index in [2.05, 4.69) is 5.16 Å². The Morgan fingerprint density at radius 2 is 2.19 bits per heavy atom. The zero-order valence-corrected chi connectivity index (χ0v) is 11.8. The minimum absolute atomic E-state index is 0.0518. The van der Waals surface area contributed by atoms with E-state index in [0.717, 1.165) is 0 Å². The Kier molecular flexibility index (Phi) is 5.39. The Labute approximate surface area is 122 Å². The summed E-state index contributed by atoms with van der Waals surface area (Å²) in [4.78, 5) is 13.7. The van der Waals surface area contributed by atoms with Gasteiger partial charge in [0.25, 0.3) is 5.91 Å². The first-order valence-corrected chi connectivity index (χ1v) is 6.58. The molecule has 1 fully saturated rings. The summed E-state index contributed by atoms with van der Waals surface area (Å²) in [5.41, 5.74) is 0.668. The van der Waals surface area contributed by atoms with Crippen LogP contribution in [0.15, 0.2) is 23.4 Å². The minimum atomic E-state index is -0.0821. The van der Waals surface area contributed by atoms with Crippen LogP contribution in [0.5, 0.6) is 11.5 Å². The summed E-state index contributed by atoms with van der Waals surface area (Å²) in [7, 11) is 1.51. The van der Waals surface area contributed by atoms with Crippen LogP contribution in [0.4, 0.5) is 0 Å². The van der Waals surface area contributed by atoms with Gasteiger partial charge in [0.15, 0.2) is 18.1 Å². The number of amides is 1. The molecule has 1 aliphatic rings. The highest BCUT2D eigenvalue weighted by atomic mass is 16.5. The lowest BCUT2D eigenvalue weighted by atomic mass is 10.2. The standard InChI is InChI=1S/C14H18N2O5/c1-19-13-8-11(9-15-18)2-3-12(13)21-10-14(17)16-4-6-20-7-5-16/h2-3,8-9,18H,4-7,10H2,1H3/b15-9-. The predicted molar refractivity (Wildman–Crippen MR) is 75.3 cm³/mol. The molecule has 1 aromatic carbocycles. The van der Waals surface area contributed by atoms with Crippen molar-refractivity contribution >= 4 is 12.1 Å². The van der Waals surface area contributed by atoms with Gasteiger partial charge in [-0.1, -0.05) is 5.16 Å². The highest BCUT2D eigenvalue weighted by molar-refractivity contribution is 5.80. The highest BCUT2D eigenvalue weighted by Crippen LogP contribution is 2.27. The van der Waals surface area contributed by atoms with Crippen LogP contribution in [0.3, 0.4) is 0 Å². The molecule has 0 aromatic heterocycles. The zero-order valence-electron chi connectivity index (χ0n) is 11.8. The number of hydrogen-bond donors (Lipinski definition) is 1. The quantitative estimate of drug-likeness (QED) is 0.492. The van der Waals surface area contributed by atoms with Gasteiger partial charge in [0.1, 0.15) is 0 Å². The van der Waals surface area contributed by atoms with Gasteiger partial charge in [-0.15, -0.1) is 0 Å². The lowest BCUT2D eigenvalue weighted by Crippen LogP contribution is -2.43. The summed E-state index contributed by atoms with van der Waals surface area (Å²) in [6.45, 7) is 2.24. The van der Waals surface area contributed by atoms with E-state index in [1.807, 2.05) is 0 Å². The third-order valence-electron chi connectivity index (χ3n) is 3.11. The predicted octanol–water partition coefficient (Wildman–Crippen LogP) is 0.741. The van der Waals surface area contributed by atoms with Crippen molar-refractivity contribution in [1.29, 1.82) is 0 Å². The van der Waals surface area contributed by atoms with E-state index >= 15 is 0 Å². The molecular formula is C14H18N2O5. The number of morpholine rings is 1. The second kappa shape index (κ2) is 7.49. The van der Waals surface area contributed by atoms with Gasteiger partial charge in [-0.3, -0.25) is 4.79 Å². The van der Waals surface area contributed by atoms with E-state index < -0.39 is 0 Å². The molecule has 0 bridgehead atoms. The zero-order chi connectivity index (χ0) is 15.1. The van der Waals surface area contributed by atoms with E-state index in [1.165, 1.54) is 13.3 Å². The number of carbonyl (C=O) groups excluding carboxylic acids is 1. The van der Waals surface area contributed by atoms with Crippen LogP contribution >= 0.6 is 0 Å². The number of benzene rings is 1. The number of rotatable bonds is 5. The molecule has 0 atom stereocenters. The first-order valence-electron chi connectivity index (χ1n) is 6.58. The number of carbonyl (C=O) groups is 1. The third-order valence-corrected chi connectivity index (χ3v) is 3.11. The van der Waals surface area contributed by atoms with Crippen molar-refractivity contribution in [2.75, 3.05) is 40.0 Å². The van der Waals surface area contributed by atoms with Gasteiger partial charge in [0.05, 0.1) is 26.5 Å². The summed E-state index contributed by atoms with van der Waals surface area (Å²) in [6.07, 6.45) is 1.28. The van der Waals surface area contributed by atoms with Crippen molar-refractivity contribution in [3.8, 4) is 11.5 Å². The molecule has 114 valence electrons. The normalized spacial score (nSPS) is 15.2. The van der Waals surface area contributed by atoms with Crippen LogP contribution in [-0.4, -0.2) is 62.2 Å². The first kappa shape index (κ1) is 15.1. The molecule has 0 aliphatic carbocycles. The van der Waals surface area contributed by atoms with E-state index in [0.29, 0.717) is 43.4 Å². The van der Waals surface area contributed by atoms with Crippen molar-refractivity contribution in [2.24, 2.45) is 5.16 Å². The second-order valence-electron chi connectivity index (χ2n) is 4.44. The average Bonchev–Trinajstić information content (AvgIpc) is 2.54. The molecule has 1 saturated heterocycles. The van der Waals surface area contributed by atoms with Crippen LogP contribution < -0.4 is 9.47 Å². The Balaban J connectivity index is 1.97. The lowest BCUT2D eigenvalue weighted by molar-refractivity contribution is -0.137. The fourth-order valence-corrected chi connectivity index (χ4v) is 1.99. The fourth-order valence-electron chi connectivity index (χ4n) is 1.99. The van der Waals surface area contributed by atoms with E-state index in [4.69, 9.17) is 19.4 Å². The number of hydrogen-bond acceptors (Lipinski definition) is 6.